The molecular weight excluding hydrogens is 588 g/mol. The molecule has 0 N–H and O–H groups in total. The lowest BCUT2D eigenvalue weighted by Gasteiger charge is -2.48. The second kappa shape index (κ2) is 11.7. The minimum Gasteiger partial charge on any atom is -0.427 e. The highest BCUT2D eigenvalue weighted by molar-refractivity contribution is 5.87. The highest BCUT2D eigenvalue weighted by Crippen LogP contribution is 2.61. The summed E-state index contributed by atoms with van der Waals surface area (Å²) in [5, 5.41) is 0. The van der Waals surface area contributed by atoms with Gasteiger partial charge in [0.25, 0.3) is 0 Å². The van der Waals surface area contributed by atoms with E-state index < -0.39 is 0 Å². The number of ether oxygens (including phenoxy) is 2. The van der Waals surface area contributed by atoms with Crippen molar-refractivity contribution in [2.75, 3.05) is 0 Å². The van der Waals surface area contributed by atoms with Gasteiger partial charge in [0, 0.05) is 36.5 Å². The average Bonchev–Trinajstić information content (AvgIpc) is 3.54. The first kappa shape index (κ1) is 31.0. The summed E-state index contributed by atoms with van der Waals surface area (Å²) in [6, 6.07) is 12.2. The Morgan fingerprint density at radius 1 is 0.638 bits per heavy atom. The van der Waals surface area contributed by atoms with Crippen molar-refractivity contribution in [3.63, 3.8) is 0 Å². The summed E-state index contributed by atoms with van der Waals surface area (Å²) in [7, 11) is 0. The fraction of sp³-hybridized carbons (Fsp3) is 0.610. The summed E-state index contributed by atoms with van der Waals surface area (Å²) in [4.78, 5) is 50.7. The van der Waals surface area contributed by atoms with Crippen LogP contribution in [0, 0.1) is 34.5 Å². The van der Waals surface area contributed by atoms with E-state index in [0.717, 1.165) is 77.0 Å². The van der Waals surface area contributed by atoms with Crippen molar-refractivity contribution in [1.29, 1.82) is 0 Å². The van der Waals surface area contributed by atoms with Crippen molar-refractivity contribution in [2.24, 2.45) is 34.5 Å². The maximum atomic E-state index is 12.7. The van der Waals surface area contributed by atoms with Gasteiger partial charge in [-0.05, 0) is 153 Å². The standard InChI is InChI=1S/C41H48O6/c1-40-20-18-30-28-12-8-26(22-24(28)6-10-32(30)34(40)14-16-36(40)42)46-38(44)4-3-5-39(45)47-27-9-13-29-25(23-27)7-11-33-31(29)19-21-41(2)35(33)15-17-37(41)43/h8-9,12-13,22-23,30-35H,3-7,10-11,14-21H2,1-2H3/t30?,31?,32?,33?,34?,35?,40-,41-/m0/s1. The fourth-order valence-corrected chi connectivity index (χ4v) is 11.5. The van der Waals surface area contributed by atoms with Crippen LogP contribution < -0.4 is 9.47 Å². The Hall–Kier alpha value is -3.28. The summed E-state index contributed by atoms with van der Waals surface area (Å²) >= 11 is 0. The van der Waals surface area contributed by atoms with Crippen molar-refractivity contribution < 1.29 is 28.7 Å². The van der Waals surface area contributed by atoms with Crippen LogP contribution >= 0.6 is 0 Å². The molecule has 6 aliphatic carbocycles. The number of carbonyl (C=O) groups is 4. The molecule has 0 aromatic heterocycles. The maximum Gasteiger partial charge on any atom is 0.311 e. The first-order valence-corrected chi connectivity index (χ1v) is 18.4. The number of aryl methyl sites for hydroxylation is 2. The van der Waals surface area contributed by atoms with E-state index in [0.29, 0.717) is 65.0 Å². The zero-order valence-electron chi connectivity index (χ0n) is 28.0. The van der Waals surface area contributed by atoms with Crippen LogP contribution in [-0.2, 0) is 32.0 Å². The lowest BCUT2D eigenvalue weighted by molar-refractivity contribution is -0.136. The number of Topliss-reactive ketones (excluding diaryl/α,β-unsaturated/α-hetero) is 2. The molecule has 6 nitrogen and oxygen atoms in total. The number of esters is 2. The van der Waals surface area contributed by atoms with Crippen LogP contribution in [-0.4, -0.2) is 23.5 Å². The van der Waals surface area contributed by atoms with E-state index in [1.165, 1.54) is 22.3 Å². The van der Waals surface area contributed by atoms with Gasteiger partial charge in [0.2, 0.25) is 0 Å². The largest absolute Gasteiger partial charge is 0.427 e. The van der Waals surface area contributed by atoms with Gasteiger partial charge in [-0.1, -0.05) is 26.0 Å². The average molecular weight is 637 g/mol. The van der Waals surface area contributed by atoms with Crippen LogP contribution in [0.25, 0.3) is 0 Å². The number of fused-ring (bicyclic) bond motifs is 10. The van der Waals surface area contributed by atoms with Gasteiger partial charge in [-0.15, -0.1) is 0 Å². The SMILES string of the molecule is C[C@]12CCC3c4ccc(OC(=O)CCCC(=O)Oc5ccc6c(c5)CCC5C6CC[C@]6(C)C(=O)CCC56)cc4CCC3C1CCC2=O. The third kappa shape index (κ3) is 5.20. The lowest BCUT2D eigenvalue weighted by Crippen LogP contribution is -2.42. The molecule has 0 spiro atoms. The molecule has 4 fully saturated rings. The lowest BCUT2D eigenvalue weighted by atomic mass is 9.55. The molecule has 6 aliphatic rings. The molecule has 4 saturated carbocycles. The highest BCUT2D eigenvalue weighted by atomic mass is 16.5. The second-order valence-corrected chi connectivity index (χ2v) is 16.2. The number of benzene rings is 2. The van der Waals surface area contributed by atoms with Crippen LogP contribution in [0.1, 0.15) is 131 Å². The van der Waals surface area contributed by atoms with Gasteiger partial charge in [0.05, 0.1) is 0 Å². The Balaban J connectivity index is 0.821. The Bertz CT molecular complexity index is 1520. The first-order valence-electron chi connectivity index (χ1n) is 18.4. The quantitative estimate of drug-likeness (QED) is 0.235. The number of hydrogen-bond donors (Lipinski definition) is 0. The van der Waals surface area contributed by atoms with Gasteiger partial charge in [0.1, 0.15) is 23.1 Å². The minimum atomic E-state index is -0.333. The molecule has 6 heteroatoms. The van der Waals surface area contributed by atoms with Crippen LogP contribution in [0.3, 0.4) is 0 Å². The monoisotopic (exact) mass is 636 g/mol. The van der Waals surface area contributed by atoms with E-state index >= 15 is 0 Å². The molecule has 0 amide bonds. The van der Waals surface area contributed by atoms with Crippen LogP contribution in [0.5, 0.6) is 11.5 Å². The van der Waals surface area contributed by atoms with Crippen LogP contribution in [0.4, 0.5) is 0 Å². The molecule has 0 heterocycles. The fourth-order valence-electron chi connectivity index (χ4n) is 11.5. The minimum absolute atomic E-state index is 0.123. The Morgan fingerprint density at radius 3 is 1.53 bits per heavy atom. The molecule has 8 rings (SSSR count). The highest BCUT2D eigenvalue weighted by Gasteiger charge is 2.55. The Kier molecular flexibility index (Phi) is 7.72. The van der Waals surface area contributed by atoms with Crippen molar-refractivity contribution in [3.05, 3.63) is 58.7 Å². The Labute approximate surface area is 278 Å². The van der Waals surface area contributed by atoms with Gasteiger partial charge in [0.15, 0.2) is 0 Å². The summed E-state index contributed by atoms with van der Waals surface area (Å²) in [6.45, 7) is 4.41. The van der Waals surface area contributed by atoms with E-state index in [-0.39, 0.29) is 35.6 Å². The zero-order chi connectivity index (χ0) is 32.5. The summed E-state index contributed by atoms with van der Waals surface area (Å²) in [5.74, 6) is 4.55. The second-order valence-electron chi connectivity index (χ2n) is 16.2. The molecular formula is C41H48O6. The molecule has 2 aromatic carbocycles. The number of hydrogen-bond acceptors (Lipinski definition) is 6. The van der Waals surface area contributed by atoms with Gasteiger partial charge in [-0.25, -0.2) is 0 Å². The smallest absolute Gasteiger partial charge is 0.311 e. The summed E-state index contributed by atoms with van der Waals surface area (Å²) in [5.41, 5.74) is 5.04. The van der Waals surface area contributed by atoms with Gasteiger partial charge >= 0.3 is 11.9 Å². The number of ketones is 2. The van der Waals surface area contributed by atoms with Gasteiger partial charge < -0.3 is 9.47 Å². The van der Waals surface area contributed by atoms with Gasteiger partial charge in [-0.2, -0.15) is 0 Å². The van der Waals surface area contributed by atoms with E-state index in [2.05, 4.69) is 26.0 Å². The van der Waals surface area contributed by atoms with Crippen molar-refractivity contribution in [3.8, 4) is 11.5 Å². The van der Waals surface area contributed by atoms with E-state index in [4.69, 9.17) is 9.47 Å². The van der Waals surface area contributed by atoms with E-state index in [9.17, 15) is 19.2 Å². The third-order valence-corrected chi connectivity index (χ3v) is 14.0. The zero-order valence-corrected chi connectivity index (χ0v) is 28.0. The topological polar surface area (TPSA) is 86.7 Å². The van der Waals surface area contributed by atoms with E-state index in [1.54, 1.807) is 0 Å². The van der Waals surface area contributed by atoms with Crippen LogP contribution in [0.15, 0.2) is 36.4 Å². The van der Waals surface area contributed by atoms with Crippen molar-refractivity contribution in [2.45, 2.75) is 122 Å². The Morgan fingerprint density at radius 2 is 1.09 bits per heavy atom. The molecule has 6 unspecified atom stereocenters. The first-order chi connectivity index (χ1) is 22.6. The third-order valence-electron chi connectivity index (χ3n) is 14.0. The van der Waals surface area contributed by atoms with Gasteiger partial charge in [-0.3, -0.25) is 19.2 Å². The molecule has 47 heavy (non-hydrogen) atoms. The molecule has 0 radical (unpaired) electrons. The summed E-state index contributed by atoms with van der Waals surface area (Å²) in [6.07, 6.45) is 12.4. The molecule has 0 aliphatic heterocycles. The molecule has 8 atom stereocenters. The summed E-state index contributed by atoms with van der Waals surface area (Å²) < 4.78 is 11.4. The predicted molar refractivity (Wildman–Crippen MR) is 177 cm³/mol. The van der Waals surface area contributed by atoms with Crippen molar-refractivity contribution in [1.82, 2.24) is 0 Å². The van der Waals surface area contributed by atoms with Crippen molar-refractivity contribution >= 4 is 23.5 Å². The van der Waals surface area contributed by atoms with E-state index in [1.807, 2.05) is 24.3 Å². The molecule has 0 saturated heterocycles. The normalized spacial score (nSPS) is 35.1. The number of carbonyl (C=O) groups excluding carboxylic acids is 4. The molecule has 0 bridgehead atoms. The molecule has 2 aromatic rings. The predicted octanol–water partition coefficient (Wildman–Crippen LogP) is 8.22. The van der Waals surface area contributed by atoms with Crippen LogP contribution in [0.2, 0.25) is 0 Å². The number of rotatable bonds is 6. The maximum absolute atomic E-state index is 12.7. The molecule has 248 valence electrons.